The number of carbonyl (C=O) groups is 1. The second kappa shape index (κ2) is 5.35. The summed E-state index contributed by atoms with van der Waals surface area (Å²) in [5, 5.41) is 0. The highest BCUT2D eigenvalue weighted by Crippen LogP contribution is 2.24. The van der Waals surface area contributed by atoms with Crippen molar-refractivity contribution < 1.29 is 9.53 Å². The number of esters is 1. The second-order valence-corrected chi connectivity index (χ2v) is 4.75. The van der Waals surface area contributed by atoms with E-state index in [1.165, 1.54) is 7.11 Å². The first-order chi connectivity index (χ1) is 8.61. The largest absolute Gasteiger partial charge is 0.465 e. The van der Waals surface area contributed by atoms with Crippen molar-refractivity contribution >= 4 is 11.8 Å². The van der Waals surface area contributed by atoms with Crippen LogP contribution in [0.3, 0.4) is 0 Å². The van der Waals surface area contributed by atoms with Crippen LogP contribution in [0.1, 0.15) is 23.7 Å². The minimum absolute atomic E-state index is 0.193. The fourth-order valence-corrected chi connectivity index (χ4v) is 2.26. The van der Waals surface area contributed by atoms with Crippen molar-refractivity contribution in [3.63, 3.8) is 0 Å². The van der Waals surface area contributed by atoms with Crippen LogP contribution in [-0.4, -0.2) is 37.2 Å². The number of carbonyl (C=O) groups excluding carboxylic acids is 1. The van der Waals surface area contributed by atoms with Gasteiger partial charge in [-0.05, 0) is 31.4 Å². The van der Waals surface area contributed by atoms with Gasteiger partial charge < -0.3 is 15.4 Å². The summed E-state index contributed by atoms with van der Waals surface area (Å²) in [6.07, 6.45) is 2.71. The van der Waals surface area contributed by atoms with Gasteiger partial charge in [-0.15, -0.1) is 0 Å². The fourth-order valence-electron chi connectivity index (χ4n) is 2.26. The highest BCUT2D eigenvalue weighted by Gasteiger charge is 2.26. The van der Waals surface area contributed by atoms with Crippen LogP contribution in [0.15, 0.2) is 18.3 Å². The molecule has 2 rings (SSSR count). The molecule has 1 aliphatic rings. The number of hydrogen-bond acceptors (Lipinski definition) is 5. The molecule has 2 N–H and O–H groups in total. The quantitative estimate of drug-likeness (QED) is 0.811. The minimum Gasteiger partial charge on any atom is -0.465 e. The maximum Gasteiger partial charge on any atom is 0.338 e. The van der Waals surface area contributed by atoms with E-state index in [0.717, 1.165) is 25.3 Å². The zero-order chi connectivity index (χ0) is 13.1. The van der Waals surface area contributed by atoms with Gasteiger partial charge in [0.05, 0.1) is 12.7 Å². The summed E-state index contributed by atoms with van der Waals surface area (Å²) < 4.78 is 4.71. The number of methoxy groups -OCH3 is 1. The molecule has 1 aromatic rings. The Morgan fingerprint density at radius 3 is 3.06 bits per heavy atom. The van der Waals surface area contributed by atoms with E-state index in [-0.39, 0.29) is 12.0 Å². The smallest absolute Gasteiger partial charge is 0.338 e. The SMILES string of the molecule is COC(=O)c1ccnc(N2CCC(C(C)N)C2)c1. The number of pyridine rings is 1. The Morgan fingerprint density at radius 2 is 2.44 bits per heavy atom. The molecule has 1 aromatic heterocycles. The Kier molecular flexibility index (Phi) is 3.81. The van der Waals surface area contributed by atoms with Crippen molar-refractivity contribution in [1.29, 1.82) is 0 Å². The third-order valence-corrected chi connectivity index (χ3v) is 3.46. The van der Waals surface area contributed by atoms with Crippen LogP contribution in [0, 0.1) is 5.92 Å². The molecule has 98 valence electrons. The van der Waals surface area contributed by atoms with Gasteiger partial charge in [-0.1, -0.05) is 0 Å². The predicted molar refractivity (Wildman–Crippen MR) is 69.5 cm³/mol. The van der Waals surface area contributed by atoms with Crippen LogP contribution in [-0.2, 0) is 4.74 Å². The lowest BCUT2D eigenvalue weighted by atomic mass is 10.0. The van der Waals surface area contributed by atoms with E-state index in [1.54, 1.807) is 18.3 Å². The van der Waals surface area contributed by atoms with E-state index in [4.69, 9.17) is 10.5 Å². The lowest BCUT2D eigenvalue weighted by Gasteiger charge is -2.19. The summed E-state index contributed by atoms with van der Waals surface area (Å²) >= 11 is 0. The zero-order valence-electron chi connectivity index (χ0n) is 10.8. The fraction of sp³-hybridized carbons (Fsp3) is 0.538. The van der Waals surface area contributed by atoms with Crippen molar-refractivity contribution in [2.24, 2.45) is 11.7 Å². The van der Waals surface area contributed by atoms with Gasteiger partial charge in [-0.2, -0.15) is 0 Å². The monoisotopic (exact) mass is 249 g/mol. The lowest BCUT2D eigenvalue weighted by molar-refractivity contribution is 0.0600. The topological polar surface area (TPSA) is 68.5 Å². The Balaban J connectivity index is 2.12. The van der Waals surface area contributed by atoms with Gasteiger partial charge >= 0.3 is 5.97 Å². The summed E-state index contributed by atoms with van der Waals surface area (Å²) in [6.45, 7) is 3.87. The third-order valence-electron chi connectivity index (χ3n) is 3.46. The van der Waals surface area contributed by atoms with Crippen LogP contribution in [0.4, 0.5) is 5.82 Å². The van der Waals surface area contributed by atoms with E-state index in [0.29, 0.717) is 11.5 Å². The lowest BCUT2D eigenvalue weighted by Crippen LogP contribution is -2.30. The van der Waals surface area contributed by atoms with Crippen molar-refractivity contribution in [2.75, 3.05) is 25.1 Å². The van der Waals surface area contributed by atoms with Crippen molar-refractivity contribution in [1.82, 2.24) is 4.98 Å². The third kappa shape index (κ3) is 2.61. The molecule has 18 heavy (non-hydrogen) atoms. The first-order valence-electron chi connectivity index (χ1n) is 6.16. The molecule has 2 unspecified atom stereocenters. The summed E-state index contributed by atoms with van der Waals surface area (Å²) in [7, 11) is 1.38. The second-order valence-electron chi connectivity index (χ2n) is 4.75. The average molecular weight is 249 g/mol. The number of nitrogens with zero attached hydrogens (tertiary/aromatic N) is 2. The van der Waals surface area contributed by atoms with Crippen molar-refractivity contribution in [2.45, 2.75) is 19.4 Å². The van der Waals surface area contributed by atoms with Crippen LogP contribution in [0.25, 0.3) is 0 Å². The van der Waals surface area contributed by atoms with Gasteiger partial charge in [0, 0.05) is 25.3 Å². The molecular weight excluding hydrogens is 230 g/mol. The number of ether oxygens (including phenoxy) is 1. The molecule has 0 amide bonds. The van der Waals surface area contributed by atoms with Crippen LogP contribution in [0.2, 0.25) is 0 Å². The van der Waals surface area contributed by atoms with E-state index in [9.17, 15) is 4.79 Å². The van der Waals surface area contributed by atoms with Crippen LogP contribution in [0.5, 0.6) is 0 Å². The Hall–Kier alpha value is -1.62. The summed E-state index contributed by atoms with van der Waals surface area (Å²) in [6, 6.07) is 3.63. The Labute approximate surface area is 107 Å². The highest BCUT2D eigenvalue weighted by molar-refractivity contribution is 5.90. The van der Waals surface area contributed by atoms with Crippen molar-refractivity contribution in [3.8, 4) is 0 Å². The van der Waals surface area contributed by atoms with E-state index < -0.39 is 0 Å². The molecule has 1 aliphatic heterocycles. The van der Waals surface area contributed by atoms with E-state index in [2.05, 4.69) is 9.88 Å². The highest BCUT2D eigenvalue weighted by atomic mass is 16.5. The van der Waals surface area contributed by atoms with Gasteiger partial charge in [-0.3, -0.25) is 0 Å². The first-order valence-corrected chi connectivity index (χ1v) is 6.16. The molecule has 0 bridgehead atoms. The summed E-state index contributed by atoms with van der Waals surface area (Å²) in [5.74, 6) is 0.983. The molecule has 2 heterocycles. The van der Waals surface area contributed by atoms with E-state index >= 15 is 0 Å². The van der Waals surface area contributed by atoms with Gasteiger partial charge in [0.2, 0.25) is 0 Å². The molecule has 1 saturated heterocycles. The molecule has 2 atom stereocenters. The predicted octanol–water partition coefficient (Wildman–Crippen LogP) is 1.04. The molecule has 0 saturated carbocycles. The molecule has 5 heteroatoms. The molecule has 0 spiro atoms. The van der Waals surface area contributed by atoms with E-state index in [1.807, 2.05) is 6.92 Å². The summed E-state index contributed by atoms with van der Waals surface area (Å²) in [4.78, 5) is 17.9. The molecule has 5 nitrogen and oxygen atoms in total. The number of nitrogens with two attached hydrogens (primary N) is 1. The average Bonchev–Trinajstić information content (AvgIpc) is 2.88. The maximum absolute atomic E-state index is 11.5. The molecule has 1 fully saturated rings. The van der Waals surface area contributed by atoms with Crippen LogP contribution < -0.4 is 10.6 Å². The molecule has 0 aliphatic carbocycles. The van der Waals surface area contributed by atoms with Gasteiger partial charge in [-0.25, -0.2) is 9.78 Å². The molecular formula is C13H19N3O2. The number of anilines is 1. The van der Waals surface area contributed by atoms with Gasteiger partial charge in [0.15, 0.2) is 0 Å². The van der Waals surface area contributed by atoms with Gasteiger partial charge in [0.1, 0.15) is 5.82 Å². The number of hydrogen-bond donors (Lipinski definition) is 1. The van der Waals surface area contributed by atoms with Gasteiger partial charge in [0.25, 0.3) is 0 Å². The standard InChI is InChI=1S/C13H19N3O2/c1-9(14)11-4-6-16(8-11)12-7-10(3-5-15-12)13(17)18-2/h3,5,7,9,11H,4,6,8,14H2,1-2H3. The molecule has 0 aromatic carbocycles. The van der Waals surface area contributed by atoms with Crippen LogP contribution >= 0.6 is 0 Å². The maximum atomic E-state index is 11.5. The number of rotatable bonds is 3. The zero-order valence-corrected chi connectivity index (χ0v) is 10.8. The first kappa shape index (κ1) is 12.8. The minimum atomic E-state index is -0.332. The Bertz CT molecular complexity index is 434. The molecule has 0 radical (unpaired) electrons. The summed E-state index contributed by atoms with van der Waals surface area (Å²) in [5.41, 5.74) is 6.45. The Morgan fingerprint density at radius 1 is 1.67 bits per heavy atom. The normalized spacial score (nSPS) is 20.8. The number of aromatic nitrogens is 1. The van der Waals surface area contributed by atoms with Crippen molar-refractivity contribution in [3.05, 3.63) is 23.9 Å².